The van der Waals surface area contributed by atoms with Crippen LogP contribution in [0.25, 0.3) is 0 Å². The van der Waals surface area contributed by atoms with Crippen LogP contribution in [0, 0.1) is 0 Å². The molecule has 0 unspecified atom stereocenters. The molecule has 0 bridgehead atoms. The fourth-order valence-electron chi connectivity index (χ4n) is 0.826. The van der Waals surface area contributed by atoms with Gasteiger partial charge in [0.25, 0.3) is 0 Å². The van der Waals surface area contributed by atoms with Crippen molar-refractivity contribution in [2.24, 2.45) is 0 Å². The molecule has 0 heterocycles. The van der Waals surface area contributed by atoms with Crippen LogP contribution in [0.1, 0.15) is 5.56 Å². The second kappa shape index (κ2) is 5.21. The Labute approximate surface area is 110 Å². The molecule has 0 aliphatic carbocycles. The van der Waals surface area contributed by atoms with Gasteiger partial charge in [-0.2, -0.15) is 8.78 Å². The number of carboxylic acids is 1. The molecule has 0 aliphatic heterocycles. The largest absolute Gasteiger partial charge is 1.00 e. The number of benzene rings is 1. The molecule has 0 N–H and O–H groups in total. The normalized spacial score (nSPS) is 10.5. The second-order valence-electron chi connectivity index (χ2n) is 2.34. The zero-order valence-corrected chi connectivity index (χ0v) is 10.8. The first-order valence-corrected chi connectivity index (χ1v) is 4.10. The minimum atomic E-state index is -3.96. The van der Waals surface area contributed by atoms with Gasteiger partial charge in [-0.15, -0.1) is 0 Å². The van der Waals surface area contributed by atoms with Gasteiger partial charge >= 0.3 is 35.5 Å². The second-order valence-corrected chi connectivity index (χ2v) is 3.20. The van der Waals surface area contributed by atoms with E-state index in [9.17, 15) is 18.7 Å². The standard InChI is InChI=1S/C8H5BrF2O2.Na/c9-6-4-2-1-3-5(6)8(10,11)7(12)13;/h1-4H,(H,12,13);/q;+1/p-1. The van der Waals surface area contributed by atoms with E-state index in [-0.39, 0.29) is 34.0 Å². The van der Waals surface area contributed by atoms with Gasteiger partial charge in [0, 0.05) is 10.0 Å². The van der Waals surface area contributed by atoms with E-state index in [1.54, 1.807) is 0 Å². The summed E-state index contributed by atoms with van der Waals surface area (Å²) < 4.78 is 25.7. The molecular formula is C8H4BrF2NaO2. The third-order valence-corrected chi connectivity index (χ3v) is 2.16. The molecule has 14 heavy (non-hydrogen) atoms. The van der Waals surface area contributed by atoms with Gasteiger partial charge in [-0.25, -0.2) is 0 Å². The molecule has 1 aromatic rings. The van der Waals surface area contributed by atoms with E-state index >= 15 is 0 Å². The minimum absolute atomic E-state index is 0. The van der Waals surface area contributed by atoms with Crippen LogP contribution in [0.2, 0.25) is 0 Å². The number of aliphatic carboxylic acids is 1. The Bertz CT molecular complexity index is 344. The summed E-state index contributed by atoms with van der Waals surface area (Å²) >= 11 is 2.83. The van der Waals surface area contributed by atoms with Crippen molar-refractivity contribution in [3.63, 3.8) is 0 Å². The maximum Gasteiger partial charge on any atom is 1.00 e. The number of rotatable bonds is 2. The molecule has 0 aromatic heterocycles. The first kappa shape index (κ1) is 14.0. The monoisotopic (exact) mass is 272 g/mol. The number of hydrogen-bond acceptors (Lipinski definition) is 2. The third-order valence-electron chi connectivity index (χ3n) is 1.47. The summed E-state index contributed by atoms with van der Waals surface area (Å²) in [6.07, 6.45) is 0. The first-order chi connectivity index (χ1) is 5.96. The average Bonchev–Trinajstić information content (AvgIpc) is 2.04. The van der Waals surface area contributed by atoms with Gasteiger partial charge in [-0.1, -0.05) is 34.1 Å². The summed E-state index contributed by atoms with van der Waals surface area (Å²) in [7, 11) is 0. The van der Waals surface area contributed by atoms with Crippen molar-refractivity contribution in [3.05, 3.63) is 34.3 Å². The molecule has 0 aliphatic rings. The minimum Gasteiger partial charge on any atom is -0.544 e. The van der Waals surface area contributed by atoms with Gasteiger partial charge in [0.15, 0.2) is 0 Å². The Morgan fingerprint density at radius 2 is 1.86 bits per heavy atom. The van der Waals surface area contributed by atoms with E-state index in [0.717, 1.165) is 6.07 Å². The van der Waals surface area contributed by atoms with Gasteiger partial charge in [0.1, 0.15) is 5.97 Å². The number of hydrogen-bond donors (Lipinski definition) is 0. The van der Waals surface area contributed by atoms with Gasteiger partial charge < -0.3 is 9.90 Å². The van der Waals surface area contributed by atoms with E-state index in [1.165, 1.54) is 18.2 Å². The van der Waals surface area contributed by atoms with Crippen molar-refractivity contribution in [1.82, 2.24) is 0 Å². The summed E-state index contributed by atoms with van der Waals surface area (Å²) in [5.41, 5.74) is -0.602. The van der Waals surface area contributed by atoms with Crippen LogP contribution in [0.5, 0.6) is 0 Å². The zero-order chi connectivity index (χ0) is 10.1. The molecule has 0 saturated heterocycles. The summed E-state index contributed by atoms with van der Waals surface area (Å²) in [6.45, 7) is 0. The first-order valence-electron chi connectivity index (χ1n) is 3.30. The van der Waals surface area contributed by atoms with E-state index < -0.39 is 17.5 Å². The number of carboxylic acid groups (broad SMARTS) is 1. The summed E-state index contributed by atoms with van der Waals surface area (Å²) in [6, 6.07) is 5.21. The van der Waals surface area contributed by atoms with Crippen molar-refractivity contribution in [1.29, 1.82) is 0 Å². The van der Waals surface area contributed by atoms with Gasteiger partial charge in [-0.3, -0.25) is 0 Å². The molecule has 0 amide bonds. The molecular weight excluding hydrogens is 269 g/mol. The third kappa shape index (κ3) is 2.76. The van der Waals surface area contributed by atoms with Crippen molar-refractivity contribution in [3.8, 4) is 0 Å². The molecule has 0 spiro atoms. The van der Waals surface area contributed by atoms with Crippen LogP contribution in [-0.2, 0) is 10.7 Å². The number of carbonyl (C=O) groups is 1. The fourth-order valence-corrected chi connectivity index (χ4v) is 1.36. The van der Waals surface area contributed by atoms with Crippen molar-refractivity contribution in [2.75, 3.05) is 0 Å². The van der Waals surface area contributed by atoms with Crippen molar-refractivity contribution in [2.45, 2.75) is 5.92 Å². The molecule has 2 nitrogen and oxygen atoms in total. The average molecular weight is 273 g/mol. The maximum absolute atomic E-state index is 12.8. The number of carbonyl (C=O) groups excluding carboxylic acids is 1. The summed E-state index contributed by atoms with van der Waals surface area (Å²) in [4.78, 5) is 10.1. The number of halogens is 3. The van der Waals surface area contributed by atoms with Gasteiger partial charge in [0.2, 0.25) is 0 Å². The molecule has 0 saturated carbocycles. The summed E-state index contributed by atoms with van der Waals surface area (Å²) in [5.74, 6) is -6.36. The molecule has 70 valence electrons. The van der Waals surface area contributed by atoms with Crippen molar-refractivity contribution >= 4 is 21.9 Å². The summed E-state index contributed by atoms with van der Waals surface area (Å²) in [5, 5.41) is 10.1. The van der Waals surface area contributed by atoms with Crippen LogP contribution in [-0.4, -0.2) is 5.97 Å². The fraction of sp³-hybridized carbons (Fsp3) is 0.125. The van der Waals surface area contributed by atoms with Crippen molar-refractivity contribution < 1.29 is 48.2 Å². The van der Waals surface area contributed by atoms with E-state index in [2.05, 4.69) is 15.9 Å². The van der Waals surface area contributed by atoms with E-state index in [4.69, 9.17) is 0 Å². The van der Waals surface area contributed by atoms with E-state index in [1.807, 2.05) is 0 Å². The molecule has 6 heteroatoms. The molecule has 0 atom stereocenters. The molecule has 0 fully saturated rings. The topological polar surface area (TPSA) is 40.1 Å². The van der Waals surface area contributed by atoms with Crippen LogP contribution >= 0.6 is 15.9 Å². The predicted molar refractivity (Wildman–Crippen MR) is 43.0 cm³/mol. The SMILES string of the molecule is O=C([O-])C(F)(F)c1ccccc1Br.[Na+]. The Morgan fingerprint density at radius 1 is 1.36 bits per heavy atom. The van der Waals surface area contributed by atoms with Crippen LogP contribution in [0.3, 0.4) is 0 Å². The number of alkyl halides is 2. The van der Waals surface area contributed by atoms with Crippen LogP contribution in [0.4, 0.5) is 8.78 Å². The van der Waals surface area contributed by atoms with Crippen LogP contribution < -0.4 is 34.7 Å². The quantitative estimate of drug-likeness (QED) is 0.602. The van der Waals surface area contributed by atoms with E-state index in [0.29, 0.717) is 0 Å². The van der Waals surface area contributed by atoms with Crippen LogP contribution in [0.15, 0.2) is 28.7 Å². The Hall–Kier alpha value is 0.0300. The Morgan fingerprint density at radius 3 is 2.29 bits per heavy atom. The zero-order valence-electron chi connectivity index (χ0n) is 7.26. The maximum atomic E-state index is 12.8. The predicted octanol–water partition coefficient (Wildman–Crippen LogP) is -1.71. The van der Waals surface area contributed by atoms with Gasteiger partial charge in [0.05, 0.1) is 0 Å². The molecule has 1 aromatic carbocycles. The smallest absolute Gasteiger partial charge is 0.544 e. The van der Waals surface area contributed by atoms with Gasteiger partial charge in [-0.05, 0) is 6.07 Å². The molecule has 1 rings (SSSR count). The Kier molecular flexibility index (Phi) is 5.22. The molecule has 0 radical (unpaired) electrons. The Balaban J connectivity index is 0.00000169.